The van der Waals surface area contributed by atoms with Crippen LogP contribution in [0.15, 0.2) is 11.6 Å². The quantitative estimate of drug-likeness (QED) is 0.544. The predicted octanol–water partition coefficient (Wildman–Crippen LogP) is 3.23. The molecule has 14 heavy (non-hydrogen) atoms. The second-order valence-electron chi connectivity index (χ2n) is 4.39. The molecule has 2 unspecified atom stereocenters. The van der Waals surface area contributed by atoms with Gasteiger partial charge in [0.15, 0.2) is 0 Å². The van der Waals surface area contributed by atoms with Crippen LogP contribution in [0.5, 0.6) is 0 Å². The fourth-order valence-corrected chi connectivity index (χ4v) is 2.33. The Hall–Kier alpha value is -0.790. The summed E-state index contributed by atoms with van der Waals surface area (Å²) in [4.78, 5) is 10.5. The van der Waals surface area contributed by atoms with Crippen molar-refractivity contribution in [3.05, 3.63) is 11.6 Å². The van der Waals surface area contributed by atoms with Gasteiger partial charge in [-0.2, -0.15) is 0 Å². The van der Waals surface area contributed by atoms with E-state index in [0.717, 1.165) is 0 Å². The molecule has 1 aliphatic rings. The lowest BCUT2D eigenvalue weighted by Crippen LogP contribution is -2.06. The number of hydrogen-bond donors (Lipinski definition) is 1. The zero-order valence-electron chi connectivity index (χ0n) is 9.12. The zero-order valence-corrected chi connectivity index (χ0v) is 9.12. The van der Waals surface area contributed by atoms with Crippen molar-refractivity contribution in [1.82, 2.24) is 0 Å². The van der Waals surface area contributed by atoms with Crippen LogP contribution in [0.2, 0.25) is 0 Å². The van der Waals surface area contributed by atoms with E-state index in [1.54, 1.807) is 0 Å². The molecule has 0 spiro atoms. The summed E-state index contributed by atoms with van der Waals surface area (Å²) in [5.41, 5.74) is 1.37. The number of rotatable bonds is 2. The van der Waals surface area contributed by atoms with E-state index in [4.69, 9.17) is 5.11 Å². The van der Waals surface area contributed by atoms with Crippen molar-refractivity contribution in [2.24, 2.45) is 11.8 Å². The molecule has 0 aromatic rings. The van der Waals surface area contributed by atoms with Gasteiger partial charge in [-0.05, 0) is 24.7 Å². The van der Waals surface area contributed by atoms with Crippen molar-refractivity contribution in [1.29, 1.82) is 0 Å². The molecule has 2 nitrogen and oxygen atoms in total. The SMILES string of the molecule is CC1CCCCC(C)C1=CCC(=O)O. The zero-order chi connectivity index (χ0) is 10.6. The Morgan fingerprint density at radius 1 is 1.36 bits per heavy atom. The van der Waals surface area contributed by atoms with Gasteiger partial charge in [-0.3, -0.25) is 4.79 Å². The van der Waals surface area contributed by atoms with Crippen molar-refractivity contribution in [2.75, 3.05) is 0 Å². The van der Waals surface area contributed by atoms with Gasteiger partial charge in [0.05, 0.1) is 6.42 Å². The molecule has 0 amide bonds. The minimum Gasteiger partial charge on any atom is -0.481 e. The maximum absolute atomic E-state index is 10.5. The van der Waals surface area contributed by atoms with E-state index in [1.165, 1.54) is 31.3 Å². The van der Waals surface area contributed by atoms with E-state index in [-0.39, 0.29) is 6.42 Å². The Morgan fingerprint density at radius 2 is 1.86 bits per heavy atom. The molecule has 0 aliphatic heterocycles. The summed E-state index contributed by atoms with van der Waals surface area (Å²) < 4.78 is 0. The molecule has 0 radical (unpaired) electrons. The van der Waals surface area contributed by atoms with Crippen LogP contribution < -0.4 is 0 Å². The van der Waals surface area contributed by atoms with Crippen LogP contribution in [0, 0.1) is 11.8 Å². The Balaban J connectivity index is 2.68. The average molecular weight is 196 g/mol. The first-order valence-electron chi connectivity index (χ1n) is 5.53. The van der Waals surface area contributed by atoms with Crippen LogP contribution in [0.4, 0.5) is 0 Å². The van der Waals surface area contributed by atoms with Gasteiger partial charge < -0.3 is 5.11 Å². The molecule has 0 saturated heterocycles. The van der Waals surface area contributed by atoms with Gasteiger partial charge >= 0.3 is 5.97 Å². The van der Waals surface area contributed by atoms with E-state index in [9.17, 15) is 4.79 Å². The molecule has 0 aromatic carbocycles. The van der Waals surface area contributed by atoms with Crippen molar-refractivity contribution >= 4 is 5.97 Å². The first-order valence-corrected chi connectivity index (χ1v) is 5.53. The smallest absolute Gasteiger partial charge is 0.307 e. The van der Waals surface area contributed by atoms with Crippen LogP contribution in [0.3, 0.4) is 0 Å². The van der Waals surface area contributed by atoms with Crippen molar-refractivity contribution in [3.8, 4) is 0 Å². The first-order chi connectivity index (χ1) is 6.61. The molecular weight excluding hydrogens is 176 g/mol. The van der Waals surface area contributed by atoms with Crippen LogP contribution in [0.25, 0.3) is 0 Å². The lowest BCUT2D eigenvalue weighted by atomic mass is 9.88. The monoisotopic (exact) mass is 196 g/mol. The molecule has 2 atom stereocenters. The Bertz CT molecular complexity index is 216. The Labute approximate surface area is 86.0 Å². The highest BCUT2D eigenvalue weighted by Crippen LogP contribution is 2.32. The Morgan fingerprint density at radius 3 is 2.29 bits per heavy atom. The maximum Gasteiger partial charge on any atom is 0.307 e. The molecule has 2 heteroatoms. The standard InChI is InChI=1S/C12H20O2/c1-9-5-3-4-6-10(2)11(9)7-8-12(13)14/h7,9-10H,3-6,8H2,1-2H3,(H,13,14). The van der Waals surface area contributed by atoms with E-state index in [1.807, 2.05) is 6.08 Å². The van der Waals surface area contributed by atoms with Crippen LogP contribution in [0.1, 0.15) is 46.0 Å². The van der Waals surface area contributed by atoms with Crippen molar-refractivity contribution < 1.29 is 9.90 Å². The highest BCUT2D eigenvalue weighted by Gasteiger charge is 2.19. The predicted molar refractivity (Wildman–Crippen MR) is 57.1 cm³/mol. The number of carboxylic acid groups (broad SMARTS) is 1. The van der Waals surface area contributed by atoms with Crippen molar-refractivity contribution in [2.45, 2.75) is 46.0 Å². The largest absolute Gasteiger partial charge is 0.481 e. The van der Waals surface area contributed by atoms with E-state index in [2.05, 4.69) is 13.8 Å². The molecule has 1 rings (SSSR count). The number of aliphatic carboxylic acids is 1. The van der Waals surface area contributed by atoms with Crippen molar-refractivity contribution in [3.63, 3.8) is 0 Å². The number of allylic oxidation sites excluding steroid dienone is 1. The summed E-state index contributed by atoms with van der Waals surface area (Å²) in [6.07, 6.45) is 7.13. The summed E-state index contributed by atoms with van der Waals surface area (Å²) in [6.45, 7) is 4.44. The molecule has 0 heterocycles. The van der Waals surface area contributed by atoms with Gasteiger partial charge in [0.1, 0.15) is 0 Å². The van der Waals surface area contributed by atoms with Gasteiger partial charge in [-0.1, -0.05) is 38.3 Å². The fourth-order valence-electron chi connectivity index (χ4n) is 2.33. The molecule has 0 bridgehead atoms. The minimum absolute atomic E-state index is 0.185. The summed E-state index contributed by atoms with van der Waals surface area (Å²) in [5.74, 6) is 0.430. The lowest BCUT2D eigenvalue weighted by Gasteiger charge is -2.18. The summed E-state index contributed by atoms with van der Waals surface area (Å²) in [7, 11) is 0. The summed E-state index contributed by atoms with van der Waals surface area (Å²) >= 11 is 0. The van der Waals surface area contributed by atoms with Gasteiger partial charge in [0.25, 0.3) is 0 Å². The number of hydrogen-bond acceptors (Lipinski definition) is 1. The molecule has 1 aliphatic carbocycles. The first kappa shape index (κ1) is 11.3. The maximum atomic E-state index is 10.5. The van der Waals surface area contributed by atoms with E-state index < -0.39 is 5.97 Å². The molecule has 1 saturated carbocycles. The van der Waals surface area contributed by atoms with E-state index in [0.29, 0.717) is 11.8 Å². The third-order valence-corrected chi connectivity index (χ3v) is 3.17. The molecule has 1 N–H and O–H groups in total. The summed E-state index contributed by atoms with van der Waals surface area (Å²) in [5, 5.41) is 8.64. The lowest BCUT2D eigenvalue weighted by molar-refractivity contribution is -0.136. The van der Waals surface area contributed by atoms with Gasteiger partial charge in [-0.25, -0.2) is 0 Å². The highest BCUT2D eigenvalue weighted by atomic mass is 16.4. The molecule has 1 fully saturated rings. The molecule has 0 aromatic heterocycles. The Kier molecular flexibility index (Phi) is 4.18. The topological polar surface area (TPSA) is 37.3 Å². The third-order valence-electron chi connectivity index (χ3n) is 3.17. The van der Waals surface area contributed by atoms with E-state index >= 15 is 0 Å². The molecule has 80 valence electrons. The van der Waals surface area contributed by atoms with Gasteiger partial charge in [-0.15, -0.1) is 0 Å². The fraction of sp³-hybridized carbons (Fsp3) is 0.750. The normalized spacial score (nSPS) is 28.3. The number of carbonyl (C=O) groups is 1. The van der Waals surface area contributed by atoms with Crippen LogP contribution >= 0.6 is 0 Å². The average Bonchev–Trinajstić information content (AvgIpc) is 2.25. The van der Waals surface area contributed by atoms with Crippen LogP contribution in [-0.2, 0) is 4.79 Å². The third kappa shape index (κ3) is 3.17. The summed E-state index contributed by atoms with van der Waals surface area (Å²) in [6, 6.07) is 0. The number of carboxylic acids is 1. The van der Waals surface area contributed by atoms with Gasteiger partial charge in [0.2, 0.25) is 0 Å². The minimum atomic E-state index is -0.721. The highest BCUT2D eigenvalue weighted by molar-refractivity contribution is 5.68. The van der Waals surface area contributed by atoms with Gasteiger partial charge in [0, 0.05) is 0 Å². The molecular formula is C12H20O2. The second kappa shape index (κ2) is 5.18. The van der Waals surface area contributed by atoms with Crippen LogP contribution in [-0.4, -0.2) is 11.1 Å². The second-order valence-corrected chi connectivity index (χ2v) is 4.39.